The molecular weight excluding hydrogens is 91.0 g/mol. The molecule has 0 aromatic heterocycles. The molecule has 0 aliphatic carbocycles. The second kappa shape index (κ2) is 2.35. The highest BCUT2D eigenvalue weighted by molar-refractivity contribution is 7.36. The van der Waals surface area contributed by atoms with Gasteiger partial charge >= 0.3 is 0 Å². The van der Waals surface area contributed by atoms with Crippen molar-refractivity contribution in [1.29, 1.82) is 0 Å². The summed E-state index contributed by atoms with van der Waals surface area (Å²) in [5.41, 5.74) is 4.49. The monoisotopic (exact) mass is 96.0 g/mol. The zero-order valence-electron chi connectivity index (χ0n) is 2.47. The summed E-state index contributed by atoms with van der Waals surface area (Å²) in [5.74, 6) is 4.28. The molecule has 0 bridgehead atoms. The Morgan fingerprint density at radius 1 is 1.80 bits per heavy atom. The minimum Gasteiger partial charge on any atom is -0.277 e. The van der Waals surface area contributed by atoms with Gasteiger partial charge in [0.2, 0.25) is 0 Å². The van der Waals surface area contributed by atoms with Crippen molar-refractivity contribution >= 4 is 8.18 Å². The largest absolute Gasteiger partial charge is 0.277 e. The summed E-state index contributed by atoms with van der Waals surface area (Å²) in [6, 6.07) is 0. The molecule has 0 rings (SSSR count). The normalized spacial score (nSPS) is 14.8. The van der Waals surface area contributed by atoms with E-state index in [1.165, 1.54) is 0 Å². The van der Waals surface area contributed by atoms with E-state index in [9.17, 15) is 4.57 Å². The smallest absolute Gasteiger partial charge is 0.271 e. The SMILES string of the molecule is NO[PH](N)=O. The van der Waals surface area contributed by atoms with Crippen LogP contribution in [0.4, 0.5) is 0 Å². The molecule has 5 heteroatoms. The zero-order valence-corrected chi connectivity index (χ0v) is 3.47. The third-order valence-electron chi connectivity index (χ3n) is 0.116. The van der Waals surface area contributed by atoms with Crippen molar-refractivity contribution in [1.82, 2.24) is 0 Å². The summed E-state index contributed by atoms with van der Waals surface area (Å²) in [4.78, 5) is 0. The molecule has 1 atom stereocenters. The molecule has 0 saturated heterocycles. The van der Waals surface area contributed by atoms with Crippen LogP contribution in [0.5, 0.6) is 0 Å². The lowest BCUT2D eigenvalue weighted by molar-refractivity contribution is 0.346. The van der Waals surface area contributed by atoms with Crippen molar-refractivity contribution in [2.24, 2.45) is 11.4 Å². The Balaban J connectivity index is 2.85. The van der Waals surface area contributed by atoms with E-state index in [4.69, 9.17) is 0 Å². The van der Waals surface area contributed by atoms with Crippen molar-refractivity contribution in [3.63, 3.8) is 0 Å². The van der Waals surface area contributed by atoms with Crippen LogP contribution in [0.2, 0.25) is 0 Å². The van der Waals surface area contributed by atoms with E-state index in [0.717, 1.165) is 0 Å². The highest BCUT2D eigenvalue weighted by atomic mass is 31.1. The average Bonchev–Trinajstić information content (AvgIpc) is 1.38. The summed E-state index contributed by atoms with van der Waals surface area (Å²) < 4.78 is 13.0. The summed E-state index contributed by atoms with van der Waals surface area (Å²) in [5, 5.41) is 0. The molecule has 0 aliphatic heterocycles. The molecule has 0 aromatic carbocycles. The van der Waals surface area contributed by atoms with Gasteiger partial charge in [-0.05, 0) is 0 Å². The van der Waals surface area contributed by atoms with E-state index in [-0.39, 0.29) is 0 Å². The number of hydrogen-bond donors (Lipinski definition) is 2. The Kier molecular flexibility index (Phi) is 2.41. The van der Waals surface area contributed by atoms with Crippen LogP contribution in [0.15, 0.2) is 0 Å². The lowest BCUT2D eigenvalue weighted by Crippen LogP contribution is -1.91. The van der Waals surface area contributed by atoms with E-state index in [1.54, 1.807) is 0 Å². The van der Waals surface area contributed by atoms with Crippen LogP contribution in [-0.4, -0.2) is 0 Å². The Morgan fingerprint density at radius 2 is 2.00 bits per heavy atom. The van der Waals surface area contributed by atoms with Crippen molar-refractivity contribution in [2.75, 3.05) is 0 Å². The molecule has 0 heterocycles. The highest BCUT2D eigenvalue weighted by Gasteiger charge is 1.72. The predicted molar refractivity (Wildman–Crippen MR) is 18.5 cm³/mol. The fraction of sp³-hybridized carbons (Fsp3) is 0. The number of nitrogens with two attached hydrogens (primary N) is 2. The second-order valence-electron chi connectivity index (χ2n) is 0.437. The molecule has 0 amide bonds. The maximum Gasteiger partial charge on any atom is 0.271 e. The topological polar surface area (TPSA) is 78.3 Å². The zero-order chi connectivity index (χ0) is 4.28. The third-order valence-corrected chi connectivity index (χ3v) is 0.348. The Morgan fingerprint density at radius 3 is 2.00 bits per heavy atom. The number of hydrogen-bond acceptors (Lipinski definition) is 3. The van der Waals surface area contributed by atoms with Gasteiger partial charge in [-0.15, -0.1) is 0 Å². The summed E-state index contributed by atoms with van der Waals surface area (Å²) in [6.07, 6.45) is 0. The van der Waals surface area contributed by atoms with Gasteiger partial charge in [0.1, 0.15) is 0 Å². The van der Waals surface area contributed by atoms with E-state index in [1.807, 2.05) is 0 Å². The van der Waals surface area contributed by atoms with Crippen molar-refractivity contribution in [3.05, 3.63) is 0 Å². The van der Waals surface area contributed by atoms with Gasteiger partial charge in [0, 0.05) is 0 Å². The number of rotatable bonds is 1. The first-order valence-corrected chi connectivity index (χ1v) is 2.33. The lowest BCUT2D eigenvalue weighted by atomic mass is 13.6. The Labute approximate surface area is 30.0 Å². The molecule has 0 aliphatic rings. The van der Waals surface area contributed by atoms with Crippen molar-refractivity contribution < 1.29 is 9.19 Å². The quantitative estimate of drug-likeness (QED) is 0.331. The van der Waals surface area contributed by atoms with Crippen molar-refractivity contribution in [3.8, 4) is 0 Å². The molecule has 0 saturated carbocycles. The molecule has 0 spiro atoms. The van der Waals surface area contributed by atoms with Gasteiger partial charge in [0.15, 0.2) is 0 Å². The van der Waals surface area contributed by atoms with Gasteiger partial charge in [-0.3, -0.25) is 10.1 Å². The summed E-state index contributed by atoms with van der Waals surface area (Å²) in [7, 11) is -2.35. The van der Waals surface area contributed by atoms with Crippen LogP contribution >= 0.6 is 8.18 Å². The van der Waals surface area contributed by atoms with Crippen LogP contribution in [0.3, 0.4) is 0 Å². The minimum atomic E-state index is -2.35. The van der Waals surface area contributed by atoms with E-state index in [2.05, 4.69) is 16.0 Å². The first-order valence-electron chi connectivity index (χ1n) is 0.933. The minimum absolute atomic E-state index is 2.35. The maximum atomic E-state index is 9.43. The molecule has 32 valence electrons. The first kappa shape index (κ1) is 5.11. The van der Waals surface area contributed by atoms with Crippen LogP contribution in [-0.2, 0) is 9.19 Å². The summed E-state index contributed by atoms with van der Waals surface area (Å²) >= 11 is 0. The fourth-order valence-electron chi connectivity index (χ4n) is 0. The van der Waals surface area contributed by atoms with Gasteiger partial charge in [-0.1, -0.05) is 0 Å². The predicted octanol–water partition coefficient (Wildman–Crippen LogP) is -0.775. The lowest BCUT2D eigenvalue weighted by Gasteiger charge is -1.79. The van der Waals surface area contributed by atoms with Crippen molar-refractivity contribution in [2.45, 2.75) is 0 Å². The average molecular weight is 96.0 g/mol. The van der Waals surface area contributed by atoms with Gasteiger partial charge in [0.05, 0.1) is 0 Å². The third kappa shape index (κ3) is 4.11. The van der Waals surface area contributed by atoms with Gasteiger partial charge in [0.25, 0.3) is 8.18 Å². The van der Waals surface area contributed by atoms with Crippen LogP contribution in [0.25, 0.3) is 0 Å². The molecule has 4 N–H and O–H groups in total. The first-order chi connectivity index (χ1) is 2.27. The standard InChI is InChI=1S/H5N2O2P/c1-4-5(2)3/h5H,1H2,(H2,2,3). The Hall–Kier alpha value is 0.110. The van der Waals surface area contributed by atoms with Crippen LogP contribution < -0.4 is 11.4 Å². The Bertz CT molecular complexity index is 42.9. The molecule has 4 nitrogen and oxygen atoms in total. The van der Waals surface area contributed by atoms with Gasteiger partial charge in [-0.25, -0.2) is 10.5 Å². The van der Waals surface area contributed by atoms with E-state index in [0.29, 0.717) is 0 Å². The van der Waals surface area contributed by atoms with Crippen LogP contribution in [0.1, 0.15) is 0 Å². The van der Waals surface area contributed by atoms with E-state index < -0.39 is 8.18 Å². The second-order valence-corrected chi connectivity index (χ2v) is 1.31. The fourth-order valence-corrected chi connectivity index (χ4v) is 0. The molecular formula is H5N2O2P. The van der Waals surface area contributed by atoms with Gasteiger partial charge < -0.3 is 0 Å². The molecule has 1 unspecified atom stereocenters. The molecule has 5 heavy (non-hydrogen) atoms. The van der Waals surface area contributed by atoms with Crippen LogP contribution in [0, 0.1) is 0 Å². The molecule has 0 aromatic rings. The van der Waals surface area contributed by atoms with E-state index >= 15 is 0 Å². The maximum absolute atomic E-state index is 9.43. The summed E-state index contributed by atoms with van der Waals surface area (Å²) in [6.45, 7) is 0. The molecule has 0 radical (unpaired) electrons. The highest BCUT2D eigenvalue weighted by Crippen LogP contribution is 2.00. The van der Waals surface area contributed by atoms with Gasteiger partial charge in [-0.2, -0.15) is 0 Å². The molecule has 0 fully saturated rings.